The van der Waals surface area contributed by atoms with Gasteiger partial charge in [0.1, 0.15) is 5.54 Å². The normalized spacial score (nSPS) is 28.9. The Kier molecular flexibility index (Phi) is 2.26. The van der Waals surface area contributed by atoms with Gasteiger partial charge < -0.3 is 4.74 Å². The van der Waals surface area contributed by atoms with E-state index in [9.17, 15) is 0 Å². The molecule has 3 nitrogen and oxygen atoms in total. The molecule has 0 aromatic heterocycles. The Morgan fingerprint density at radius 1 is 1.33 bits per heavy atom. The lowest BCUT2D eigenvalue weighted by Gasteiger charge is -2.45. The van der Waals surface area contributed by atoms with Crippen LogP contribution in [0, 0.1) is 11.3 Å². The molecule has 2 heterocycles. The van der Waals surface area contributed by atoms with Crippen LogP contribution in [0.1, 0.15) is 0 Å². The summed E-state index contributed by atoms with van der Waals surface area (Å²) in [6.07, 6.45) is 0. The smallest absolute Gasteiger partial charge is 0.127 e. The lowest BCUT2D eigenvalue weighted by Crippen LogP contribution is -2.60. The lowest BCUT2D eigenvalue weighted by atomic mass is 10.0. The fourth-order valence-electron chi connectivity index (χ4n) is 1.60. The first kappa shape index (κ1) is 8.36. The van der Waals surface area contributed by atoms with Crippen LogP contribution in [0.4, 0.5) is 0 Å². The van der Waals surface area contributed by atoms with Gasteiger partial charge in [-0.1, -0.05) is 0 Å². The summed E-state index contributed by atoms with van der Waals surface area (Å²) in [6.45, 7) is 3.42. The number of nitriles is 1. The molecule has 66 valence electrons. The summed E-state index contributed by atoms with van der Waals surface area (Å²) in [7, 11) is 0. The fourth-order valence-corrected chi connectivity index (χ4v) is 2.69. The fraction of sp³-hybridized carbons (Fsp3) is 0.875. The van der Waals surface area contributed by atoms with Crippen LogP contribution in [0.3, 0.4) is 0 Å². The van der Waals surface area contributed by atoms with E-state index < -0.39 is 0 Å². The Balaban J connectivity index is 2.01. The van der Waals surface area contributed by atoms with E-state index in [0.717, 1.165) is 37.8 Å². The van der Waals surface area contributed by atoms with Crippen LogP contribution in [0.25, 0.3) is 0 Å². The standard InChI is InChI=1S/C8H12N2OS/c9-5-8(6-12-7-8)10-1-3-11-4-2-10/h1-4,6-7H2. The first-order chi connectivity index (χ1) is 5.87. The Hall–Kier alpha value is -0.240. The average molecular weight is 184 g/mol. The molecule has 0 radical (unpaired) electrons. The second kappa shape index (κ2) is 3.25. The van der Waals surface area contributed by atoms with E-state index in [1.165, 1.54) is 0 Å². The van der Waals surface area contributed by atoms with Gasteiger partial charge in [-0.2, -0.15) is 17.0 Å². The van der Waals surface area contributed by atoms with Crippen molar-refractivity contribution in [2.24, 2.45) is 0 Å². The molecule has 2 aliphatic rings. The number of hydrogen-bond acceptors (Lipinski definition) is 4. The zero-order valence-corrected chi connectivity index (χ0v) is 7.77. The summed E-state index contributed by atoms with van der Waals surface area (Å²) in [5, 5.41) is 9.04. The summed E-state index contributed by atoms with van der Waals surface area (Å²) in [6, 6.07) is 2.43. The first-order valence-electron chi connectivity index (χ1n) is 4.19. The third kappa shape index (κ3) is 1.22. The third-order valence-electron chi connectivity index (χ3n) is 2.51. The molecular weight excluding hydrogens is 172 g/mol. The molecule has 0 saturated carbocycles. The maximum atomic E-state index is 9.04. The average Bonchev–Trinajstić information content (AvgIpc) is 2.05. The highest BCUT2D eigenvalue weighted by Crippen LogP contribution is 2.34. The van der Waals surface area contributed by atoms with Gasteiger partial charge in [-0.25, -0.2) is 0 Å². The van der Waals surface area contributed by atoms with Crippen molar-refractivity contribution in [3.05, 3.63) is 0 Å². The van der Waals surface area contributed by atoms with Crippen molar-refractivity contribution >= 4 is 11.8 Å². The molecule has 4 heteroatoms. The molecule has 2 fully saturated rings. The summed E-state index contributed by atoms with van der Waals surface area (Å²) in [5.74, 6) is 1.95. The number of ether oxygens (including phenoxy) is 1. The van der Waals surface area contributed by atoms with Crippen LogP contribution in [0.5, 0.6) is 0 Å². The highest BCUT2D eigenvalue weighted by atomic mass is 32.2. The van der Waals surface area contributed by atoms with Crippen molar-refractivity contribution in [1.82, 2.24) is 4.90 Å². The largest absolute Gasteiger partial charge is 0.379 e. The topological polar surface area (TPSA) is 36.3 Å². The van der Waals surface area contributed by atoms with Crippen molar-refractivity contribution in [2.75, 3.05) is 37.8 Å². The van der Waals surface area contributed by atoms with Crippen molar-refractivity contribution in [1.29, 1.82) is 5.26 Å². The van der Waals surface area contributed by atoms with Gasteiger partial charge in [0.2, 0.25) is 0 Å². The van der Waals surface area contributed by atoms with Crippen LogP contribution in [0.15, 0.2) is 0 Å². The minimum absolute atomic E-state index is 0.144. The molecule has 2 rings (SSSR count). The van der Waals surface area contributed by atoms with E-state index in [0.29, 0.717) is 0 Å². The maximum absolute atomic E-state index is 9.04. The van der Waals surface area contributed by atoms with Gasteiger partial charge in [-0.3, -0.25) is 4.90 Å². The third-order valence-corrected chi connectivity index (χ3v) is 3.87. The molecule has 0 amide bonds. The predicted octanol–water partition coefficient (Wildman–Crippen LogP) is 0.328. The monoisotopic (exact) mass is 184 g/mol. The molecule has 0 N–H and O–H groups in total. The van der Waals surface area contributed by atoms with Crippen molar-refractivity contribution < 1.29 is 4.74 Å². The molecule has 0 aromatic carbocycles. The zero-order valence-electron chi connectivity index (χ0n) is 6.95. The highest BCUT2D eigenvalue weighted by molar-refractivity contribution is 8.00. The molecule has 12 heavy (non-hydrogen) atoms. The van der Waals surface area contributed by atoms with Gasteiger partial charge in [0.05, 0.1) is 19.3 Å². The maximum Gasteiger partial charge on any atom is 0.127 e. The molecule has 2 aliphatic heterocycles. The molecule has 0 atom stereocenters. The molecule has 0 spiro atoms. The summed E-state index contributed by atoms with van der Waals surface area (Å²) < 4.78 is 5.25. The van der Waals surface area contributed by atoms with Crippen LogP contribution in [-0.2, 0) is 4.74 Å². The van der Waals surface area contributed by atoms with Crippen LogP contribution in [0.2, 0.25) is 0 Å². The van der Waals surface area contributed by atoms with Crippen molar-refractivity contribution in [3.8, 4) is 6.07 Å². The van der Waals surface area contributed by atoms with Gasteiger partial charge in [-0.15, -0.1) is 0 Å². The van der Waals surface area contributed by atoms with E-state index in [2.05, 4.69) is 11.0 Å². The second-order valence-electron chi connectivity index (χ2n) is 3.24. The zero-order chi connectivity index (χ0) is 8.44. The van der Waals surface area contributed by atoms with Crippen LogP contribution >= 0.6 is 11.8 Å². The minimum atomic E-state index is -0.144. The highest BCUT2D eigenvalue weighted by Gasteiger charge is 2.44. The minimum Gasteiger partial charge on any atom is -0.379 e. The number of nitrogens with zero attached hydrogens (tertiary/aromatic N) is 2. The number of thioether (sulfide) groups is 1. The van der Waals surface area contributed by atoms with Crippen molar-refractivity contribution in [3.63, 3.8) is 0 Å². The van der Waals surface area contributed by atoms with E-state index >= 15 is 0 Å². The van der Waals surface area contributed by atoms with Crippen LogP contribution in [-0.4, -0.2) is 48.2 Å². The van der Waals surface area contributed by atoms with E-state index in [-0.39, 0.29) is 5.54 Å². The molecule has 2 saturated heterocycles. The Morgan fingerprint density at radius 2 is 2.00 bits per heavy atom. The van der Waals surface area contributed by atoms with Gasteiger partial charge in [0.15, 0.2) is 0 Å². The molecule has 0 bridgehead atoms. The second-order valence-corrected chi connectivity index (χ2v) is 4.22. The predicted molar refractivity (Wildman–Crippen MR) is 48.1 cm³/mol. The Labute approximate surface area is 76.7 Å². The number of rotatable bonds is 1. The summed E-state index contributed by atoms with van der Waals surface area (Å²) in [5.41, 5.74) is -0.144. The summed E-state index contributed by atoms with van der Waals surface area (Å²) >= 11 is 1.86. The summed E-state index contributed by atoms with van der Waals surface area (Å²) in [4.78, 5) is 2.27. The number of morpholine rings is 1. The number of hydrogen-bond donors (Lipinski definition) is 0. The molecular formula is C8H12N2OS. The van der Waals surface area contributed by atoms with E-state index in [4.69, 9.17) is 10.00 Å². The van der Waals surface area contributed by atoms with Gasteiger partial charge in [0, 0.05) is 24.6 Å². The Bertz CT molecular complexity index is 204. The van der Waals surface area contributed by atoms with Gasteiger partial charge >= 0.3 is 0 Å². The molecule has 0 unspecified atom stereocenters. The van der Waals surface area contributed by atoms with Crippen LogP contribution < -0.4 is 0 Å². The van der Waals surface area contributed by atoms with Crippen molar-refractivity contribution in [2.45, 2.75) is 5.54 Å². The van der Waals surface area contributed by atoms with Gasteiger partial charge in [-0.05, 0) is 0 Å². The Morgan fingerprint density at radius 3 is 2.42 bits per heavy atom. The van der Waals surface area contributed by atoms with E-state index in [1.54, 1.807) is 0 Å². The quantitative estimate of drug-likeness (QED) is 0.588. The first-order valence-corrected chi connectivity index (χ1v) is 5.35. The SMILES string of the molecule is N#CC1(N2CCOCC2)CSC1. The van der Waals surface area contributed by atoms with E-state index in [1.807, 2.05) is 11.8 Å². The van der Waals surface area contributed by atoms with Gasteiger partial charge in [0.25, 0.3) is 0 Å². The molecule has 0 aliphatic carbocycles. The molecule has 0 aromatic rings. The lowest BCUT2D eigenvalue weighted by molar-refractivity contribution is 0.00654.